The summed E-state index contributed by atoms with van der Waals surface area (Å²) in [5.41, 5.74) is 6.60. The quantitative estimate of drug-likeness (QED) is 0.730. The minimum atomic E-state index is -0.107. The highest BCUT2D eigenvalue weighted by Crippen LogP contribution is 2.20. The van der Waals surface area contributed by atoms with Crippen molar-refractivity contribution in [1.82, 2.24) is 15.1 Å². The zero-order chi connectivity index (χ0) is 10.1. The van der Waals surface area contributed by atoms with E-state index in [0.29, 0.717) is 24.0 Å². The molecule has 0 spiro atoms. The molecule has 1 aromatic rings. The van der Waals surface area contributed by atoms with Crippen LogP contribution in [0.2, 0.25) is 0 Å². The Labute approximate surface area is 82.3 Å². The van der Waals surface area contributed by atoms with Crippen LogP contribution in [0.5, 0.6) is 0 Å². The fraction of sp³-hybridized carbons (Fsp3) is 0.556. The van der Waals surface area contributed by atoms with E-state index in [-0.39, 0.29) is 5.91 Å². The monoisotopic (exact) mass is 194 g/mol. The van der Waals surface area contributed by atoms with Crippen LogP contribution >= 0.6 is 0 Å². The second-order valence-electron chi connectivity index (χ2n) is 3.51. The molecule has 1 heterocycles. The van der Waals surface area contributed by atoms with Crippen LogP contribution in [-0.2, 0) is 6.54 Å². The molecule has 5 nitrogen and oxygen atoms in total. The van der Waals surface area contributed by atoms with Gasteiger partial charge in [0.25, 0.3) is 5.91 Å². The fourth-order valence-corrected chi connectivity index (χ4v) is 1.37. The molecule has 1 aliphatic carbocycles. The molecule has 1 aliphatic rings. The second kappa shape index (κ2) is 3.32. The van der Waals surface area contributed by atoms with Crippen molar-refractivity contribution in [1.29, 1.82) is 0 Å². The Kier molecular flexibility index (Phi) is 2.15. The molecule has 3 N–H and O–H groups in total. The normalized spacial score (nSPS) is 15.5. The van der Waals surface area contributed by atoms with E-state index >= 15 is 0 Å². The molecule has 0 atom stereocenters. The van der Waals surface area contributed by atoms with Crippen LogP contribution in [0.3, 0.4) is 0 Å². The molecule has 14 heavy (non-hydrogen) atoms. The molecule has 0 saturated heterocycles. The number of aromatic nitrogens is 2. The van der Waals surface area contributed by atoms with Gasteiger partial charge >= 0.3 is 0 Å². The summed E-state index contributed by atoms with van der Waals surface area (Å²) >= 11 is 0. The first-order chi connectivity index (χ1) is 6.72. The van der Waals surface area contributed by atoms with Gasteiger partial charge in [-0.05, 0) is 19.8 Å². The Morgan fingerprint density at radius 1 is 1.79 bits per heavy atom. The van der Waals surface area contributed by atoms with Gasteiger partial charge in [-0.25, -0.2) is 0 Å². The maximum Gasteiger partial charge on any atom is 0.271 e. The number of carbonyl (C=O) groups excluding carboxylic acids is 1. The summed E-state index contributed by atoms with van der Waals surface area (Å²) in [7, 11) is 0. The van der Waals surface area contributed by atoms with E-state index in [4.69, 9.17) is 5.73 Å². The third kappa shape index (κ3) is 1.57. The molecule has 1 fully saturated rings. The van der Waals surface area contributed by atoms with Crippen LogP contribution in [0.25, 0.3) is 0 Å². The summed E-state index contributed by atoms with van der Waals surface area (Å²) in [6.07, 6.45) is 3.67. The molecule has 0 bridgehead atoms. The maximum atomic E-state index is 11.7. The van der Waals surface area contributed by atoms with E-state index in [9.17, 15) is 4.79 Å². The number of amides is 1. The van der Waals surface area contributed by atoms with Crippen molar-refractivity contribution in [2.24, 2.45) is 0 Å². The molecule has 76 valence electrons. The predicted molar refractivity (Wildman–Crippen MR) is 52.8 cm³/mol. The molecular formula is C9H14N4O. The first kappa shape index (κ1) is 9.05. The average molecular weight is 194 g/mol. The van der Waals surface area contributed by atoms with Gasteiger partial charge in [0.2, 0.25) is 0 Å². The van der Waals surface area contributed by atoms with Crippen LogP contribution in [-0.4, -0.2) is 21.7 Å². The molecule has 5 heteroatoms. The minimum absolute atomic E-state index is 0.107. The highest BCUT2D eigenvalue weighted by Gasteiger charge is 2.26. The van der Waals surface area contributed by atoms with E-state index in [2.05, 4.69) is 10.4 Å². The van der Waals surface area contributed by atoms with Gasteiger partial charge in [-0.15, -0.1) is 0 Å². The van der Waals surface area contributed by atoms with Crippen LogP contribution < -0.4 is 11.1 Å². The van der Waals surface area contributed by atoms with E-state index < -0.39 is 0 Å². The minimum Gasteiger partial charge on any atom is -0.396 e. The second-order valence-corrected chi connectivity index (χ2v) is 3.51. The number of nitrogens with two attached hydrogens (primary N) is 1. The number of anilines is 1. The number of hydrogen-bond donors (Lipinski definition) is 2. The van der Waals surface area contributed by atoms with Crippen molar-refractivity contribution in [2.45, 2.75) is 32.4 Å². The van der Waals surface area contributed by atoms with Crippen LogP contribution in [0.15, 0.2) is 6.20 Å². The number of nitrogens with one attached hydrogen (secondary N) is 1. The summed E-state index contributed by atoms with van der Waals surface area (Å²) in [6.45, 7) is 2.59. The standard InChI is InChI=1S/C9H14N4O/c1-2-13-8(7(10)5-11-13)9(14)12-6-3-4-6/h5-6H,2-4,10H2,1H3,(H,12,14). The first-order valence-corrected chi connectivity index (χ1v) is 4.84. The van der Waals surface area contributed by atoms with Gasteiger partial charge in [-0.3, -0.25) is 9.48 Å². The molecular weight excluding hydrogens is 180 g/mol. The number of carbonyl (C=O) groups is 1. The highest BCUT2D eigenvalue weighted by molar-refractivity contribution is 5.97. The van der Waals surface area contributed by atoms with E-state index in [1.165, 1.54) is 6.20 Å². The van der Waals surface area contributed by atoms with Gasteiger partial charge in [0, 0.05) is 12.6 Å². The number of nitrogen functional groups attached to an aromatic ring is 1. The van der Waals surface area contributed by atoms with E-state index in [1.54, 1.807) is 4.68 Å². The predicted octanol–water partition coefficient (Wildman–Crippen LogP) is 0.377. The number of nitrogens with zero attached hydrogens (tertiary/aromatic N) is 2. The lowest BCUT2D eigenvalue weighted by Crippen LogP contribution is -2.28. The number of aryl methyl sites for hydroxylation is 1. The summed E-state index contributed by atoms with van der Waals surface area (Å²) in [6, 6.07) is 0.349. The Morgan fingerprint density at radius 2 is 2.50 bits per heavy atom. The smallest absolute Gasteiger partial charge is 0.271 e. The zero-order valence-electron chi connectivity index (χ0n) is 8.16. The Morgan fingerprint density at radius 3 is 3.07 bits per heavy atom. The van der Waals surface area contributed by atoms with Crippen molar-refractivity contribution in [3.8, 4) is 0 Å². The van der Waals surface area contributed by atoms with Crippen LogP contribution in [0, 0.1) is 0 Å². The van der Waals surface area contributed by atoms with E-state index in [1.807, 2.05) is 6.92 Å². The molecule has 1 amide bonds. The van der Waals surface area contributed by atoms with Crippen LogP contribution in [0.4, 0.5) is 5.69 Å². The largest absolute Gasteiger partial charge is 0.396 e. The van der Waals surface area contributed by atoms with Gasteiger partial charge in [0.1, 0.15) is 5.69 Å². The summed E-state index contributed by atoms with van der Waals surface area (Å²) in [4.78, 5) is 11.7. The van der Waals surface area contributed by atoms with Crippen molar-refractivity contribution in [3.05, 3.63) is 11.9 Å². The molecule has 0 aliphatic heterocycles. The topological polar surface area (TPSA) is 72.9 Å². The van der Waals surface area contributed by atoms with Gasteiger partial charge in [-0.1, -0.05) is 0 Å². The lowest BCUT2D eigenvalue weighted by molar-refractivity contribution is 0.0941. The number of rotatable bonds is 3. The van der Waals surface area contributed by atoms with Gasteiger partial charge in [0.15, 0.2) is 0 Å². The lowest BCUT2D eigenvalue weighted by atomic mass is 10.3. The van der Waals surface area contributed by atoms with Crippen molar-refractivity contribution in [2.75, 3.05) is 5.73 Å². The SMILES string of the molecule is CCn1ncc(N)c1C(=O)NC1CC1. The summed E-state index contributed by atoms with van der Waals surface area (Å²) in [5.74, 6) is -0.107. The van der Waals surface area contributed by atoms with Gasteiger partial charge in [-0.2, -0.15) is 5.10 Å². The van der Waals surface area contributed by atoms with Gasteiger partial charge < -0.3 is 11.1 Å². The highest BCUT2D eigenvalue weighted by atomic mass is 16.2. The number of hydrogen-bond acceptors (Lipinski definition) is 3. The third-order valence-corrected chi connectivity index (χ3v) is 2.29. The van der Waals surface area contributed by atoms with Crippen molar-refractivity contribution in [3.63, 3.8) is 0 Å². The maximum absolute atomic E-state index is 11.7. The summed E-state index contributed by atoms with van der Waals surface area (Å²) < 4.78 is 1.62. The third-order valence-electron chi connectivity index (χ3n) is 2.29. The Bertz CT molecular complexity index is 354. The zero-order valence-corrected chi connectivity index (χ0v) is 8.16. The fourth-order valence-electron chi connectivity index (χ4n) is 1.37. The van der Waals surface area contributed by atoms with E-state index in [0.717, 1.165) is 12.8 Å². The molecule has 2 rings (SSSR count). The first-order valence-electron chi connectivity index (χ1n) is 4.84. The average Bonchev–Trinajstić information content (AvgIpc) is 2.87. The molecule has 1 aromatic heterocycles. The van der Waals surface area contributed by atoms with Crippen molar-refractivity contribution >= 4 is 11.6 Å². The molecule has 0 unspecified atom stereocenters. The molecule has 0 aromatic carbocycles. The summed E-state index contributed by atoms with van der Waals surface area (Å²) in [5, 5.41) is 6.91. The molecule has 1 saturated carbocycles. The Balaban J connectivity index is 2.19. The molecule has 0 radical (unpaired) electrons. The van der Waals surface area contributed by atoms with Gasteiger partial charge in [0.05, 0.1) is 11.9 Å². The lowest BCUT2D eigenvalue weighted by Gasteiger charge is -2.05. The Hall–Kier alpha value is -1.52. The van der Waals surface area contributed by atoms with Crippen LogP contribution in [0.1, 0.15) is 30.3 Å². The van der Waals surface area contributed by atoms with Crippen molar-refractivity contribution < 1.29 is 4.79 Å².